The van der Waals surface area contributed by atoms with Gasteiger partial charge in [0.05, 0.1) is 5.56 Å². The summed E-state index contributed by atoms with van der Waals surface area (Å²) >= 11 is 0. The summed E-state index contributed by atoms with van der Waals surface area (Å²) in [5.41, 5.74) is 1.63. The Morgan fingerprint density at radius 2 is 1.77 bits per heavy atom. The number of aryl methyl sites for hydroxylation is 1. The molecular formula is C23H33FO2. The average Bonchev–Trinajstić information content (AvgIpc) is 2.61. The van der Waals surface area contributed by atoms with Gasteiger partial charge in [0.15, 0.2) is 0 Å². The summed E-state index contributed by atoms with van der Waals surface area (Å²) < 4.78 is 19.9. The van der Waals surface area contributed by atoms with E-state index in [1.807, 2.05) is 19.1 Å². The molecule has 0 amide bonds. The maximum absolute atomic E-state index is 14.7. The van der Waals surface area contributed by atoms with Gasteiger partial charge < -0.3 is 4.74 Å². The highest BCUT2D eigenvalue weighted by Crippen LogP contribution is 2.34. The maximum Gasteiger partial charge on any atom is 0.341 e. The topological polar surface area (TPSA) is 26.3 Å². The van der Waals surface area contributed by atoms with Crippen LogP contribution < -0.4 is 0 Å². The third-order valence-corrected chi connectivity index (χ3v) is 6.30. The number of benzene rings is 1. The lowest BCUT2D eigenvalue weighted by atomic mass is 9.78. The average molecular weight is 361 g/mol. The van der Waals surface area contributed by atoms with Crippen molar-refractivity contribution in [2.45, 2.75) is 90.6 Å². The molecule has 1 aromatic rings. The summed E-state index contributed by atoms with van der Waals surface area (Å²) in [6, 6.07) is 3.79. The molecule has 26 heavy (non-hydrogen) atoms. The highest BCUT2D eigenvalue weighted by molar-refractivity contribution is 5.92. The molecule has 0 radical (unpaired) electrons. The van der Waals surface area contributed by atoms with Crippen LogP contribution in [0.2, 0.25) is 0 Å². The van der Waals surface area contributed by atoms with Gasteiger partial charge in [0.1, 0.15) is 11.9 Å². The molecule has 0 bridgehead atoms. The lowest BCUT2D eigenvalue weighted by Crippen LogP contribution is -2.26. The fourth-order valence-corrected chi connectivity index (χ4v) is 4.80. The molecule has 0 N–H and O–H groups in total. The molecular weight excluding hydrogens is 327 g/mol. The van der Waals surface area contributed by atoms with Crippen molar-refractivity contribution in [1.82, 2.24) is 0 Å². The quantitative estimate of drug-likeness (QED) is 0.424. The Morgan fingerprint density at radius 1 is 1.08 bits per heavy atom. The molecule has 0 saturated heterocycles. The highest BCUT2D eigenvalue weighted by Gasteiger charge is 2.28. The van der Waals surface area contributed by atoms with Gasteiger partial charge in [-0.05, 0) is 42.7 Å². The van der Waals surface area contributed by atoms with E-state index in [1.165, 1.54) is 44.9 Å². The van der Waals surface area contributed by atoms with E-state index in [9.17, 15) is 9.18 Å². The van der Waals surface area contributed by atoms with Gasteiger partial charge in [-0.25, -0.2) is 9.18 Å². The van der Waals surface area contributed by atoms with Crippen LogP contribution in [-0.4, -0.2) is 12.1 Å². The van der Waals surface area contributed by atoms with Gasteiger partial charge in [0, 0.05) is 6.42 Å². The first-order valence-corrected chi connectivity index (χ1v) is 10.6. The molecule has 0 spiro atoms. The fraction of sp³-hybridized carbons (Fsp3) is 0.696. The zero-order chi connectivity index (χ0) is 18.5. The van der Waals surface area contributed by atoms with Crippen LogP contribution in [0.15, 0.2) is 12.1 Å². The molecule has 3 rings (SSSR count). The highest BCUT2D eigenvalue weighted by atomic mass is 19.1. The zero-order valence-corrected chi connectivity index (χ0v) is 16.4. The maximum atomic E-state index is 14.7. The number of carbonyl (C=O) groups is 1. The van der Waals surface area contributed by atoms with Gasteiger partial charge in [-0.1, -0.05) is 70.4 Å². The first-order chi connectivity index (χ1) is 12.6. The van der Waals surface area contributed by atoms with E-state index in [0.717, 1.165) is 30.2 Å². The summed E-state index contributed by atoms with van der Waals surface area (Å²) in [6.45, 7) is 4.13. The van der Waals surface area contributed by atoms with Gasteiger partial charge in [-0.3, -0.25) is 0 Å². The zero-order valence-electron chi connectivity index (χ0n) is 16.4. The van der Waals surface area contributed by atoms with Gasteiger partial charge >= 0.3 is 5.97 Å². The normalized spacial score (nSPS) is 25.7. The number of esters is 1. The summed E-state index contributed by atoms with van der Waals surface area (Å²) in [6.07, 6.45) is 12.8. The number of halogens is 1. The van der Waals surface area contributed by atoms with E-state index in [4.69, 9.17) is 4.74 Å². The summed E-state index contributed by atoms with van der Waals surface area (Å²) in [5, 5.41) is 0. The van der Waals surface area contributed by atoms with Crippen molar-refractivity contribution in [3.05, 3.63) is 34.6 Å². The van der Waals surface area contributed by atoms with Crippen molar-refractivity contribution in [3.8, 4) is 0 Å². The summed E-state index contributed by atoms with van der Waals surface area (Å²) in [4.78, 5) is 12.0. The second-order valence-corrected chi connectivity index (χ2v) is 8.41. The fourth-order valence-electron chi connectivity index (χ4n) is 4.80. The Morgan fingerprint density at radius 3 is 2.46 bits per heavy atom. The lowest BCUT2D eigenvalue weighted by molar-refractivity contribution is 0.0294. The molecule has 1 aromatic carbocycles. The Kier molecular flexibility index (Phi) is 6.72. The van der Waals surface area contributed by atoms with Crippen LogP contribution in [0.25, 0.3) is 0 Å². The third kappa shape index (κ3) is 4.66. The van der Waals surface area contributed by atoms with Crippen LogP contribution >= 0.6 is 0 Å². The van der Waals surface area contributed by atoms with Crippen LogP contribution in [0.1, 0.15) is 93.1 Å². The number of hydrogen-bond donors (Lipinski definition) is 0. The van der Waals surface area contributed by atoms with Gasteiger partial charge in [0.25, 0.3) is 0 Å². The minimum atomic E-state index is -0.498. The molecule has 144 valence electrons. The SMILES string of the molecule is CCCC1CCC(CCCCc2ccc3c(c2F)C(=O)OC(C)C3)CC1. The standard InChI is InChI=1S/C23H33FO2/c1-3-6-17-9-11-18(12-10-17)7-4-5-8-19-13-14-20-15-16(2)26-23(25)21(20)22(19)24/h13-14,16-18H,3-12,15H2,1-2H3. The number of ether oxygens (including phenoxy) is 1. The number of rotatable bonds is 7. The number of carbonyl (C=O) groups excluding carboxylic acids is 1. The van der Waals surface area contributed by atoms with Crippen LogP contribution in [0.5, 0.6) is 0 Å². The van der Waals surface area contributed by atoms with Crippen molar-refractivity contribution in [2.24, 2.45) is 11.8 Å². The molecule has 1 heterocycles. The molecule has 0 aromatic heterocycles. The van der Waals surface area contributed by atoms with Crippen molar-refractivity contribution >= 4 is 5.97 Å². The molecule has 1 aliphatic carbocycles. The molecule has 1 saturated carbocycles. The van der Waals surface area contributed by atoms with E-state index in [-0.39, 0.29) is 17.5 Å². The smallest absolute Gasteiger partial charge is 0.341 e. The Hall–Kier alpha value is -1.38. The minimum absolute atomic E-state index is 0.160. The van der Waals surface area contributed by atoms with Crippen LogP contribution in [0, 0.1) is 17.7 Å². The van der Waals surface area contributed by atoms with Crippen molar-refractivity contribution < 1.29 is 13.9 Å². The molecule has 2 nitrogen and oxygen atoms in total. The number of cyclic esters (lactones) is 1. The molecule has 2 aliphatic rings. The summed E-state index contributed by atoms with van der Waals surface area (Å²) in [7, 11) is 0. The largest absolute Gasteiger partial charge is 0.459 e. The van der Waals surface area contributed by atoms with Crippen molar-refractivity contribution in [2.75, 3.05) is 0 Å². The monoisotopic (exact) mass is 360 g/mol. The third-order valence-electron chi connectivity index (χ3n) is 6.30. The Balaban J connectivity index is 1.46. The minimum Gasteiger partial charge on any atom is -0.459 e. The van der Waals surface area contributed by atoms with E-state index in [0.29, 0.717) is 18.4 Å². The van der Waals surface area contributed by atoms with Crippen LogP contribution in [-0.2, 0) is 17.6 Å². The molecule has 3 heteroatoms. The van der Waals surface area contributed by atoms with E-state index >= 15 is 0 Å². The predicted molar refractivity (Wildman–Crippen MR) is 103 cm³/mol. The van der Waals surface area contributed by atoms with Gasteiger partial charge in [-0.2, -0.15) is 0 Å². The van der Waals surface area contributed by atoms with Crippen LogP contribution in [0.3, 0.4) is 0 Å². The van der Waals surface area contributed by atoms with E-state index in [1.54, 1.807) is 0 Å². The second-order valence-electron chi connectivity index (χ2n) is 8.41. The van der Waals surface area contributed by atoms with Crippen molar-refractivity contribution in [3.63, 3.8) is 0 Å². The predicted octanol–water partition coefficient (Wildman–Crippen LogP) is 6.25. The van der Waals surface area contributed by atoms with Crippen molar-refractivity contribution in [1.29, 1.82) is 0 Å². The lowest BCUT2D eigenvalue weighted by Gasteiger charge is -2.28. The van der Waals surface area contributed by atoms with Gasteiger partial charge in [-0.15, -0.1) is 0 Å². The van der Waals surface area contributed by atoms with Crippen LogP contribution in [0.4, 0.5) is 4.39 Å². The molecule has 1 atom stereocenters. The summed E-state index contributed by atoms with van der Waals surface area (Å²) in [5.74, 6) is 0.984. The first kappa shape index (κ1) is 19.4. The molecule has 1 aliphatic heterocycles. The molecule has 1 unspecified atom stereocenters. The number of hydrogen-bond acceptors (Lipinski definition) is 2. The second kappa shape index (κ2) is 9.01. The molecule has 1 fully saturated rings. The Bertz CT molecular complexity index is 617. The Labute approximate surface area is 157 Å². The van der Waals surface area contributed by atoms with Gasteiger partial charge in [0.2, 0.25) is 0 Å². The first-order valence-electron chi connectivity index (χ1n) is 10.6. The number of fused-ring (bicyclic) bond motifs is 1. The number of unbranched alkanes of at least 4 members (excludes halogenated alkanes) is 1. The van der Waals surface area contributed by atoms with E-state index < -0.39 is 5.97 Å². The van der Waals surface area contributed by atoms with E-state index in [2.05, 4.69) is 6.92 Å².